The molecule has 0 bridgehead atoms. The third kappa shape index (κ3) is 3.48. The van der Waals surface area contributed by atoms with E-state index in [2.05, 4.69) is 19.2 Å². The van der Waals surface area contributed by atoms with E-state index in [-0.39, 0.29) is 6.04 Å². The fourth-order valence-electron chi connectivity index (χ4n) is 2.18. The molecule has 1 unspecified atom stereocenters. The van der Waals surface area contributed by atoms with E-state index >= 15 is 0 Å². The highest BCUT2D eigenvalue weighted by Gasteiger charge is 2.11. The van der Waals surface area contributed by atoms with Gasteiger partial charge < -0.3 is 5.32 Å². The molecule has 1 N–H and O–H groups in total. The van der Waals surface area contributed by atoms with Crippen molar-refractivity contribution in [3.8, 4) is 11.1 Å². The zero-order valence-electron chi connectivity index (χ0n) is 11.4. The molecule has 1 atom stereocenters. The monoisotopic (exact) mass is 327 g/mol. The molecule has 2 rings (SSSR count). The first kappa shape index (κ1) is 15.7. The Kier molecular flexibility index (Phi) is 5.34. The average Bonchev–Trinajstić information content (AvgIpc) is 2.41. The molecule has 0 aromatic heterocycles. The van der Waals surface area contributed by atoms with Gasteiger partial charge in [0.15, 0.2) is 0 Å². The summed E-state index contributed by atoms with van der Waals surface area (Å²) in [6.45, 7) is 5.07. The lowest BCUT2D eigenvalue weighted by atomic mass is 10.0. The van der Waals surface area contributed by atoms with Crippen LogP contribution in [0.15, 0.2) is 36.4 Å². The first-order valence-electron chi connectivity index (χ1n) is 6.51. The van der Waals surface area contributed by atoms with Gasteiger partial charge in [0, 0.05) is 26.7 Å². The molecule has 0 aliphatic heterocycles. The van der Waals surface area contributed by atoms with Gasteiger partial charge in [-0.2, -0.15) is 0 Å². The Bertz CT molecular complexity index is 611. The summed E-state index contributed by atoms with van der Waals surface area (Å²) in [5, 5.41) is 5.40. The third-order valence-corrected chi connectivity index (χ3v) is 4.11. The molecule has 0 amide bonds. The summed E-state index contributed by atoms with van der Waals surface area (Å²) >= 11 is 18.6. The number of hydrogen-bond donors (Lipinski definition) is 1. The van der Waals surface area contributed by atoms with E-state index in [1.165, 1.54) is 0 Å². The molecule has 4 heteroatoms. The first-order valence-corrected chi connectivity index (χ1v) is 7.64. The molecule has 1 nitrogen and oxygen atoms in total. The van der Waals surface area contributed by atoms with Crippen LogP contribution in [0.2, 0.25) is 15.1 Å². The molecule has 2 aromatic rings. The second-order valence-corrected chi connectivity index (χ2v) is 5.89. The third-order valence-electron chi connectivity index (χ3n) is 3.22. The number of halogens is 3. The molecule has 106 valence electrons. The van der Waals surface area contributed by atoms with E-state index in [1.54, 1.807) is 12.1 Å². The van der Waals surface area contributed by atoms with Gasteiger partial charge in [-0.3, -0.25) is 0 Å². The quantitative estimate of drug-likeness (QED) is 0.727. The summed E-state index contributed by atoms with van der Waals surface area (Å²) in [6, 6.07) is 11.6. The Morgan fingerprint density at radius 1 is 1.00 bits per heavy atom. The maximum absolute atomic E-state index is 6.39. The van der Waals surface area contributed by atoms with Crippen molar-refractivity contribution in [2.45, 2.75) is 19.9 Å². The molecule has 0 saturated carbocycles. The molecule has 0 heterocycles. The van der Waals surface area contributed by atoms with E-state index in [1.807, 2.05) is 24.3 Å². The Labute approximate surface area is 134 Å². The molecule has 0 fully saturated rings. The highest BCUT2D eigenvalue weighted by atomic mass is 35.5. The number of benzene rings is 2. The second kappa shape index (κ2) is 6.82. The summed E-state index contributed by atoms with van der Waals surface area (Å²) in [5.74, 6) is 0. The van der Waals surface area contributed by atoms with E-state index in [4.69, 9.17) is 34.8 Å². The van der Waals surface area contributed by atoms with Crippen molar-refractivity contribution in [2.75, 3.05) is 6.54 Å². The topological polar surface area (TPSA) is 12.0 Å². The number of rotatable bonds is 4. The van der Waals surface area contributed by atoms with E-state index in [0.717, 1.165) is 28.3 Å². The van der Waals surface area contributed by atoms with Crippen molar-refractivity contribution in [1.29, 1.82) is 0 Å². The first-order chi connectivity index (χ1) is 9.52. The van der Waals surface area contributed by atoms with Crippen LogP contribution >= 0.6 is 34.8 Å². The Morgan fingerprint density at radius 2 is 1.75 bits per heavy atom. The fraction of sp³-hybridized carbons (Fsp3) is 0.250. The zero-order valence-corrected chi connectivity index (χ0v) is 13.7. The number of hydrogen-bond acceptors (Lipinski definition) is 1. The van der Waals surface area contributed by atoms with Crippen molar-refractivity contribution in [3.63, 3.8) is 0 Å². The summed E-state index contributed by atoms with van der Waals surface area (Å²) in [7, 11) is 0. The van der Waals surface area contributed by atoms with Gasteiger partial charge in [0.25, 0.3) is 0 Å². The predicted octanol–water partition coefficient (Wildman–Crippen LogP) is 5.98. The van der Waals surface area contributed by atoms with Gasteiger partial charge in [-0.15, -0.1) is 0 Å². The van der Waals surface area contributed by atoms with Crippen LogP contribution in [0.4, 0.5) is 0 Å². The second-order valence-electron chi connectivity index (χ2n) is 4.64. The van der Waals surface area contributed by atoms with E-state index < -0.39 is 0 Å². The highest BCUT2D eigenvalue weighted by molar-refractivity contribution is 6.35. The SMILES string of the molecule is CCNC(C)c1ccc(-c2cc(Cl)ccc2Cl)cc1Cl. The summed E-state index contributed by atoms with van der Waals surface area (Å²) in [5.41, 5.74) is 2.94. The van der Waals surface area contributed by atoms with Crippen LogP contribution in [-0.2, 0) is 0 Å². The lowest BCUT2D eigenvalue weighted by Crippen LogP contribution is -2.17. The van der Waals surface area contributed by atoms with Crippen molar-refractivity contribution in [3.05, 3.63) is 57.0 Å². The smallest absolute Gasteiger partial charge is 0.0485 e. The summed E-state index contributed by atoms with van der Waals surface area (Å²) in [6.07, 6.45) is 0. The molecule has 0 aliphatic rings. The van der Waals surface area contributed by atoms with Crippen LogP contribution in [0, 0.1) is 0 Å². The normalized spacial score (nSPS) is 12.4. The lowest BCUT2D eigenvalue weighted by molar-refractivity contribution is 0.598. The van der Waals surface area contributed by atoms with Crippen molar-refractivity contribution in [1.82, 2.24) is 5.32 Å². The van der Waals surface area contributed by atoms with Gasteiger partial charge in [0.1, 0.15) is 0 Å². The van der Waals surface area contributed by atoms with Crippen molar-refractivity contribution in [2.24, 2.45) is 0 Å². The van der Waals surface area contributed by atoms with Crippen LogP contribution < -0.4 is 5.32 Å². The molecular formula is C16H16Cl3N. The van der Waals surface area contributed by atoms with Gasteiger partial charge in [-0.05, 0) is 48.9 Å². The minimum atomic E-state index is 0.219. The Morgan fingerprint density at radius 3 is 2.40 bits per heavy atom. The van der Waals surface area contributed by atoms with E-state index in [9.17, 15) is 0 Å². The standard InChI is InChI=1S/C16H16Cl3N/c1-3-20-10(2)13-6-4-11(8-16(13)19)14-9-12(17)5-7-15(14)18/h4-10,20H,3H2,1-2H3. The van der Waals surface area contributed by atoms with Crippen LogP contribution in [0.25, 0.3) is 11.1 Å². The van der Waals surface area contributed by atoms with Gasteiger partial charge >= 0.3 is 0 Å². The summed E-state index contributed by atoms with van der Waals surface area (Å²) in [4.78, 5) is 0. The molecule has 2 aromatic carbocycles. The molecule has 0 saturated heterocycles. The summed E-state index contributed by atoms with van der Waals surface area (Å²) < 4.78 is 0. The van der Waals surface area contributed by atoms with Gasteiger partial charge in [0.05, 0.1) is 0 Å². The van der Waals surface area contributed by atoms with Crippen LogP contribution in [0.1, 0.15) is 25.5 Å². The number of nitrogens with one attached hydrogen (secondary N) is 1. The van der Waals surface area contributed by atoms with Gasteiger partial charge in [0.2, 0.25) is 0 Å². The largest absolute Gasteiger partial charge is 0.310 e. The molecule has 0 spiro atoms. The van der Waals surface area contributed by atoms with Gasteiger partial charge in [-0.1, -0.05) is 53.9 Å². The van der Waals surface area contributed by atoms with Crippen molar-refractivity contribution < 1.29 is 0 Å². The van der Waals surface area contributed by atoms with E-state index in [0.29, 0.717) is 10.0 Å². The minimum Gasteiger partial charge on any atom is -0.310 e. The van der Waals surface area contributed by atoms with Crippen LogP contribution in [0.3, 0.4) is 0 Å². The maximum atomic E-state index is 6.39. The van der Waals surface area contributed by atoms with Gasteiger partial charge in [-0.25, -0.2) is 0 Å². The highest BCUT2D eigenvalue weighted by Crippen LogP contribution is 2.34. The lowest BCUT2D eigenvalue weighted by Gasteiger charge is -2.15. The zero-order chi connectivity index (χ0) is 14.7. The molecule has 0 radical (unpaired) electrons. The fourth-order valence-corrected chi connectivity index (χ4v) is 2.92. The molecule has 0 aliphatic carbocycles. The van der Waals surface area contributed by atoms with Crippen molar-refractivity contribution >= 4 is 34.8 Å². The minimum absolute atomic E-state index is 0.219. The Hall–Kier alpha value is -0.730. The predicted molar refractivity (Wildman–Crippen MR) is 89.0 cm³/mol. The molecular weight excluding hydrogens is 313 g/mol. The van der Waals surface area contributed by atoms with Crippen LogP contribution in [-0.4, -0.2) is 6.54 Å². The Balaban J connectivity index is 2.40. The average molecular weight is 329 g/mol. The van der Waals surface area contributed by atoms with Crippen LogP contribution in [0.5, 0.6) is 0 Å². The molecule has 20 heavy (non-hydrogen) atoms. The maximum Gasteiger partial charge on any atom is 0.0485 e.